The lowest BCUT2D eigenvalue weighted by Crippen LogP contribution is -2.33. The quantitative estimate of drug-likeness (QED) is 0.902. The van der Waals surface area contributed by atoms with E-state index in [0.717, 1.165) is 9.55 Å². The molecule has 0 fully saturated rings. The molecule has 0 saturated carbocycles. The average Bonchev–Trinajstić information content (AvgIpc) is 2.88. The maximum Gasteiger partial charge on any atom is 0.250 e. The Bertz CT molecular complexity index is 604. The summed E-state index contributed by atoms with van der Waals surface area (Å²) in [7, 11) is -3.45. The van der Waals surface area contributed by atoms with Crippen molar-refractivity contribution in [1.82, 2.24) is 4.72 Å². The van der Waals surface area contributed by atoms with Crippen LogP contribution in [0.25, 0.3) is 0 Å². The van der Waals surface area contributed by atoms with Gasteiger partial charge in [0, 0.05) is 12.5 Å². The smallest absolute Gasteiger partial charge is 0.250 e. The molecule has 1 N–H and O–H groups in total. The minimum Gasteiger partial charge on any atom is -0.469 e. The van der Waals surface area contributed by atoms with E-state index < -0.39 is 10.0 Å². The van der Waals surface area contributed by atoms with E-state index in [1.165, 1.54) is 11.3 Å². The van der Waals surface area contributed by atoms with Crippen LogP contribution in [0.4, 0.5) is 0 Å². The van der Waals surface area contributed by atoms with Crippen LogP contribution in [0.2, 0.25) is 0 Å². The lowest BCUT2D eigenvalue weighted by atomic mass is 10.2. The Morgan fingerprint density at radius 2 is 2.22 bits per heavy atom. The third-order valence-corrected chi connectivity index (χ3v) is 5.96. The molecule has 7 heteroatoms. The molecule has 1 unspecified atom stereocenters. The van der Waals surface area contributed by atoms with E-state index in [1.807, 2.05) is 13.0 Å². The fourth-order valence-corrected chi connectivity index (χ4v) is 4.81. The number of sulfonamides is 1. The van der Waals surface area contributed by atoms with Gasteiger partial charge in [0.05, 0.1) is 10.0 Å². The Labute approximate surface area is 118 Å². The Morgan fingerprint density at radius 1 is 1.44 bits per heavy atom. The number of nitrogens with one attached hydrogen (secondary N) is 1. The van der Waals surface area contributed by atoms with Crippen LogP contribution in [0.1, 0.15) is 12.7 Å². The summed E-state index contributed by atoms with van der Waals surface area (Å²) in [6.45, 7) is 1.81. The standard InChI is InChI=1S/C11H12BrNO3S2/c1-8(7-9-3-2-6-16-9)13-18(14,15)11-5-4-10(12)17-11/h2-6,8,13H,7H2,1H3. The molecule has 0 aromatic carbocycles. The SMILES string of the molecule is CC(Cc1ccco1)NS(=O)(=O)c1ccc(Br)s1. The highest BCUT2D eigenvalue weighted by atomic mass is 79.9. The second-order valence-corrected chi connectivity index (χ2v) is 8.27. The van der Waals surface area contributed by atoms with Crippen molar-refractivity contribution < 1.29 is 12.8 Å². The molecule has 0 saturated heterocycles. The highest BCUT2D eigenvalue weighted by Gasteiger charge is 2.19. The Balaban J connectivity index is 2.04. The number of hydrogen-bond donors (Lipinski definition) is 1. The second-order valence-electron chi connectivity index (χ2n) is 3.86. The largest absolute Gasteiger partial charge is 0.469 e. The lowest BCUT2D eigenvalue weighted by Gasteiger charge is -2.11. The van der Waals surface area contributed by atoms with Gasteiger partial charge >= 0.3 is 0 Å². The highest BCUT2D eigenvalue weighted by molar-refractivity contribution is 9.11. The topological polar surface area (TPSA) is 59.3 Å². The number of rotatable bonds is 5. The van der Waals surface area contributed by atoms with Gasteiger partial charge in [-0.3, -0.25) is 0 Å². The Kier molecular flexibility index (Phi) is 4.26. The Hall–Kier alpha value is -0.630. The van der Waals surface area contributed by atoms with Gasteiger partial charge in [-0.05, 0) is 47.1 Å². The molecule has 0 aliphatic carbocycles. The summed E-state index contributed by atoms with van der Waals surface area (Å²) in [5.74, 6) is 0.762. The van der Waals surface area contributed by atoms with E-state index in [9.17, 15) is 8.42 Å². The second kappa shape index (κ2) is 5.56. The molecule has 18 heavy (non-hydrogen) atoms. The molecule has 2 aromatic heterocycles. The van der Waals surface area contributed by atoms with E-state index in [4.69, 9.17) is 4.42 Å². The first kappa shape index (κ1) is 13.8. The van der Waals surface area contributed by atoms with Crippen LogP contribution in [-0.4, -0.2) is 14.5 Å². The van der Waals surface area contributed by atoms with Crippen molar-refractivity contribution in [2.45, 2.75) is 23.6 Å². The molecule has 0 aliphatic rings. The van der Waals surface area contributed by atoms with Gasteiger partial charge < -0.3 is 4.42 Å². The van der Waals surface area contributed by atoms with Crippen molar-refractivity contribution in [1.29, 1.82) is 0 Å². The van der Waals surface area contributed by atoms with E-state index in [2.05, 4.69) is 20.7 Å². The third-order valence-electron chi connectivity index (χ3n) is 2.26. The van der Waals surface area contributed by atoms with Gasteiger partial charge in [-0.1, -0.05) is 0 Å². The first-order valence-corrected chi connectivity index (χ1v) is 8.37. The first-order chi connectivity index (χ1) is 8.47. The lowest BCUT2D eigenvalue weighted by molar-refractivity contribution is 0.479. The average molecular weight is 350 g/mol. The van der Waals surface area contributed by atoms with Crippen LogP contribution < -0.4 is 4.72 Å². The molecule has 2 aromatic rings. The van der Waals surface area contributed by atoms with E-state index >= 15 is 0 Å². The molecule has 0 aliphatic heterocycles. The minimum absolute atomic E-state index is 0.220. The van der Waals surface area contributed by atoms with Crippen molar-refractivity contribution in [3.63, 3.8) is 0 Å². The predicted molar refractivity (Wildman–Crippen MR) is 74.2 cm³/mol. The van der Waals surface area contributed by atoms with Gasteiger partial charge in [0.2, 0.25) is 10.0 Å². The van der Waals surface area contributed by atoms with Crippen LogP contribution in [0, 0.1) is 0 Å². The zero-order valence-electron chi connectivity index (χ0n) is 9.59. The maximum atomic E-state index is 12.0. The summed E-state index contributed by atoms with van der Waals surface area (Å²) < 4.78 is 33.0. The minimum atomic E-state index is -3.45. The normalized spacial score (nSPS) is 13.7. The number of thiophene rings is 1. The van der Waals surface area contributed by atoms with Crippen LogP contribution in [0.15, 0.2) is 42.9 Å². The molecular weight excluding hydrogens is 338 g/mol. The zero-order valence-corrected chi connectivity index (χ0v) is 12.8. The van der Waals surface area contributed by atoms with Crippen LogP contribution in [0.3, 0.4) is 0 Å². The molecule has 1 atom stereocenters. The summed E-state index contributed by atoms with van der Waals surface area (Å²) in [4.78, 5) is 0. The molecule has 4 nitrogen and oxygen atoms in total. The molecule has 0 spiro atoms. The third kappa shape index (κ3) is 3.44. The van der Waals surface area contributed by atoms with Crippen molar-refractivity contribution in [2.75, 3.05) is 0 Å². The number of halogens is 1. The predicted octanol–water partition coefficient (Wildman–Crippen LogP) is 3.01. The van der Waals surface area contributed by atoms with Crippen LogP contribution in [-0.2, 0) is 16.4 Å². The summed E-state index contributed by atoms with van der Waals surface area (Å²) >= 11 is 4.44. The fourth-order valence-electron chi connectivity index (χ4n) is 1.54. The van der Waals surface area contributed by atoms with Gasteiger partial charge in [-0.2, -0.15) is 0 Å². The molecular formula is C11H12BrNO3S2. The van der Waals surface area contributed by atoms with Crippen molar-refractivity contribution in [2.24, 2.45) is 0 Å². The van der Waals surface area contributed by atoms with Crippen LogP contribution in [0.5, 0.6) is 0 Å². The summed E-state index contributed by atoms with van der Waals surface area (Å²) in [5.41, 5.74) is 0. The number of hydrogen-bond acceptors (Lipinski definition) is 4. The van der Waals surface area contributed by atoms with Crippen molar-refractivity contribution >= 4 is 37.3 Å². The Morgan fingerprint density at radius 3 is 2.78 bits per heavy atom. The maximum absolute atomic E-state index is 12.0. The van der Waals surface area contributed by atoms with Gasteiger partial charge in [0.25, 0.3) is 0 Å². The van der Waals surface area contributed by atoms with Gasteiger partial charge in [-0.15, -0.1) is 11.3 Å². The molecule has 2 rings (SSSR count). The summed E-state index contributed by atoms with van der Waals surface area (Å²) in [6, 6.07) is 6.69. The molecule has 2 heterocycles. The molecule has 98 valence electrons. The zero-order chi connectivity index (χ0) is 13.2. The molecule has 0 amide bonds. The van der Waals surface area contributed by atoms with Gasteiger partial charge in [0.1, 0.15) is 9.97 Å². The van der Waals surface area contributed by atoms with E-state index in [-0.39, 0.29) is 6.04 Å². The van der Waals surface area contributed by atoms with E-state index in [1.54, 1.807) is 24.5 Å². The van der Waals surface area contributed by atoms with Gasteiger partial charge in [0.15, 0.2) is 0 Å². The summed E-state index contributed by atoms with van der Waals surface area (Å²) in [5, 5.41) is 0. The van der Waals surface area contributed by atoms with Crippen molar-refractivity contribution in [3.8, 4) is 0 Å². The fraction of sp³-hybridized carbons (Fsp3) is 0.273. The van der Waals surface area contributed by atoms with E-state index in [0.29, 0.717) is 10.6 Å². The highest BCUT2D eigenvalue weighted by Crippen LogP contribution is 2.26. The van der Waals surface area contributed by atoms with Crippen LogP contribution >= 0.6 is 27.3 Å². The monoisotopic (exact) mass is 349 g/mol. The molecule has 0 radical (unpaired) electrons. The molecule has 0 bridgehead atoms. The van der Waals surface area contributed by atoms with Crippen molar-refractivity contribution in [3.05, 3.63) is 40.1 Å². The summed E-state index contributed by atoms with van der Waals surface area (Å²) in [6.07, 6.45) is 2.10. The number of furan rings is 1. The first-order valence-electron chi connectivity index (χ1n) is 5.27. The van der Waals surface area contributed by atoms with Gasteiger partial charge in [-0.25, -0.2) is 13.1 Å².